The van der Waals surface area contributed by atoms with Gasteiger partial charge in [-0.15, -0.1) is 0 Å². The number of ether oxygens (including phenoxy) is 4. The Morgan fingerprint density at radius 3 is 2.59 bits per heavy atom. The maximum absolute atomic E-state index is 13.5. The molecule has 3 aliphatic heterocycles. The summed E-state index contributed by atoms with van der Waals surface area (Å²) in [6, 6.07) is 9.84. The lowest BCUT2D eigenvalue weighted by molar-refractivity contribution is -0.140. The van der Waals surface area contributed by atoms with Crippen LogP contribution in [0.2, 0.25) is 0 Å². The zero-order chi connectivity index (χ0) is 26.1. The van der Waals surface area contributed by atoms with Crippen LogP contribution in [-0.2, 0) is 20.7 Å². The normalized spacial score (nSPS) is 23.2. The Balaban J connectivity index is 1.60. The molecule has 2 saturated heterocycles. The Labute approximate surface area is 216 Å². The Bertz CT molecular complexity index is 1240. The molecule has 2 aromatic rings. The third-order valence-electron chi connectivity index (χ3n) is 7.20. The van der Waals surface area contributed by atoms with Crippen LogP contribution in [0.15, 0.2) is 42.0 Å². The van der Waals surface area contributed by atoms with Crippen LogP contribution in [0, 0.1) is 0 Å². The lowest BCUT2D eigenvalue weighted by atomic mass is 9.93. The summed E-state index contributed by atoms with van der Waals surface area (Å²) in [6.45, 7) is 5.64. The van der Waals surface area contributed by atoms with E-state index in [-0.39, 0.29) is 17.4 Å². The topological polar surface area (TPSA) is 97.8 Å². The van der Waals surface area contributed by atoms with Crippen molar-refractivity contribution < 1.29 is 33.6 Å². The molecule has 37 heavy (non-hydrogen) atoms. The highest BCUT2D eigenvalue weighted by molar-refractivity contribution is 6.46. The Hall–Kier alpha value is -3.56. The first-order valence-electron chi connectivity index (χ1n) is 12.5. The van der Waals surface area contributed by atoms with E-state index in [0.29, 0.717) is 55.4 Å². The molecule has 5 rings (SSSR count). The lowest BCUT2D eigenvalue weighted by Crippen LogP contribution is -2.42. The van der Waals surface area contributed by atoms with E-state index >= 15 is 0 Å². The van der Waals surface area contributed by atoms with Crippen molar-refractivity contribution in [2.75, 3.05) is 53.6 Å². The molecule has 9 heteroatoms. The zero-order valence-corrected chi connectivity index (χ0v) is 21.4. The predicted molar refractivity (Wildman–Crippen MR) is 136 cm³/mol. The van der Waals surface area contributed by atoms with Gasteiger partial charge in [0.05, 0.1) is 39.0 Å². The first-order valence-corrected chi connectivity index (χ1v) is 12.5. The molecule has 2 atom stereocenters. The Kier molecular flexibility index (Phi) is 7.08. The van der Waals surface area contributed by atoms with E-state index in [1.165, 1.54) is 19.1 Å². The standard InChI is InChI=1S/C28H32N2O7/c1-17-15-19-16-18(7-8-21(19)37-17)25(31)23-24(20-5-4-6-22(34-2)27(20)35-3)30(28(33)26(23)32)10-9-29-11-13-36-14-12-29/h4-8,16-17,24,31H,9-15H2,1-3H3/t17-,24-/m0/s1. The van der Waals surface area contributed by atoms with Crippen LogP contribution in [0.4, 0.5) is 0 Å². The number of nitrogens with zero attached hydrogens (tertiary/aromatic N) is 2. The van der Waals surface area contributed by atoms with Gasteiger partial charge in [-0.05, 0) is 36.8 Å². The summed E-state index contributed by atoms with van der Waals surface area (Å²) < 4.78 is 22.4. The fraction of sp³-hybridized carbons (Fsp3) is 0.429. The number of rotatable bonds is 7. The molecule has 9 nitrogen and oxygen atoms in total. The van der Waals surface area contributed by atoms with Crippen LogP contribution in [-0.4, -0.2) is 86.3 Å². The minimum absolute atomic E-state index is 0.0328. The van der Waals surface area contributed by atoms with Gasteiger partial charge in [0.25, 0.3) is 11.7 Å². The van der Waals surface area contributed by atoms with Gasteiger partial charge in [0.1, 0.15) is 17.6 Å². The number of carbonyl (C=O) groups excluding carboxylic acids is 2. The van der Waals surface area contributed by atoms with Crippen molar-refractivity contribution in [2.45, 2.75) is 25.5 Å². The SMILES string of the molecule is COc1cccc([C@H]2C(=C(O)c3ccc4c(c3)C[C@H](C)O4)C(=O)C(=O)N2CCN2CCOCC2)c1OC. The second-order valence-electron chi connectivity index (χ2n) is 9.48. The first kappa shape index (κ1) is 25.1. The van der Waals surface area contributed by atoms with Crippen molar-refractivity contribution >= 4 is 17.4 Å². The van der Waals surface area contributed by atoms with Gasteiger partial charge in [-0.25, -0.2) is 0 Å². The molecule has 0 aliphatic carbocycles. The van der Waals surface area contributed by atoms with Crippen molar-refractivity contribution in [2.24, 2.45) is 0 Å². The second kappa shape index (κ2) is 10.4. The summed E-state index contributed by atoms with van der Waals surface area (Å²) in [5.74, 6) is 0.0607. The van der Waals surface area contributed by atoms with Gasteiger partial charge in [0.15, 0.2) is 11.5 Å². The molecule has 3 aliphatic rings. The van der Waals surface area contributed by atoms with E-state index < -0.39 is 17.7 Å². The number of Topliss-reactive ketones (excluding diaryl/α,β-unsaturated/α-hetero) is 1. The maximum atomic E-state index is 13.5. The van der Waals surface area contributed by atoms with Crippen molar-refractivity contribution in [3.05, 3.63) is 58.7 Å². The molecule has 1 N–H and O–H groups in total. The molecule has 2 fully saturated rings. The number of fused-ring (bicyclic) bond motifs is 1. The molecule has 0 bridgehead atoms. The van der Waals surface area contributed by atoms with Crippen LogP contribution < -0.4 is 14.2 Å². The van der Waals surface area contributed by atoms with E-state index in [0.717, 1.165) is 24.4 Å². The van der Waals surface area contributed by atoms with Crippen LogP contribution in [0.1, 0.15) is 29.7 Å². The Morgan fingerprint density at radius 1 is 1.08 bits per heavy atom. The molecule has 0 radical (unpaired) electrons. The minimum atomic E-state index is -0.838. The summed E-state index contributed by atoms with van der Waals surface area (Å²) in [6.07, 6.45) is 0.747. The number of carbonyl (C=O) groups is 2. The quantitative estimate of drug-likeness (QED) is 0.347. The van der Waals surface area contributed by atoms with Crippen molar-refractivity contribution in [1.82, 2.24) is 9.80 Å². The van der Waals surface area contributed by atoms with E-state index in [2.05, 4.69) is 4.90 Å². The summed E-state index contributed by atoms with van der Waals surface area (Å²) in [5.41, 5.74) is 2.02. The minimum Gasteiger partial charge on any atom is -0.507 e. The smallest absolute Gasteiger partial charge is 0.295 e. The molecule has 0 aromatic heterocycles. The number of ketones is 1. The van der Waals surface area contributed by atoms with Gasteiger partial charge < -0.3 is 29.0 Å². The van der Waals surface area contributed by atoms with Crippen LogP contribution >= 0.6 is 0 Å². The van der Waals surface area contributed by atoms with Gasteiger partial charge in [0.2, 0.25) is 0 Å². The number of morpholine rings is 1. The van der Waals surface area contributed by atoms with E-state index in [1.54, 1.807) is 30.3 Å². The second-order valence-corrected chi connectivity index (χ2v) is 9.48. The molecule has 1 amide bonds. The Morgan fingerprint density at radius 2 is 1.86 bits per heavy atom. The van der Waals surface area contributed by atoms with Crippen LogP contribution in [0.25, 0.3) is 5.76 Å². The molecular weight excluding hydrogens is 476 g/mol. The summed E-state index contributed by atoms with van der Waals surface area (Å²) in [5, 5.41) is 11.5. The van der Waals surface area contributed by atoms with Gasteiger partial charge in [-0.2, -0.15) is 0 Å². The van der Waals surface area contributed by atoms with Gasteiger partial charge in [0, 0.05) is 43.7 Å². The predicted octanol–water partition coefficient (Wildman–Crippen LogP) is 2.78. The molecular formula is C28H32N2O7. The monoisotopic (exact) mass is 508 g/mol. The average molecular weight is 509 g/mol. The van der Waals surface area contributed by atoms with Crippen LogP contribution in [0.3, 0.4) is 0 Å². The number of aliphatic hydroxyl groups excluding tert-OH is 1. The van der Waals surface area contributed by atoms with Crippen molar-refractivity contribution in [3.8, 4) is 17.2 Å². The number of likely N-dealkylation sites (tertiary alicyclic amines) is 1. The number of methoxy groups -OCH3 is 2. The molecule has 2 aromatic carbocycles. The highest BCUT2D eigenvalue weighted by Gasteiger charge is 2.47. The number of hydrogen-bond donors (Lipinski definition) is 1. The average Bonchev–Trinajstić information content (AvgIpc) is 3.42. The fourth-order valence-electron chi connectivity index (χ4n) is 5.36. The van der Waals surface area contributed by atoms with Crippen LogP contribution in [0.5, 0.6) is 17.2 Å². The molecule has 3 heterocycles. The molecule has 0 spiro atoms. The largest absolute Gasteiger partial charge is 0.507 e. The van der Waals surface area contributed by atoms with Crippen molar-refractivity contribution in [1.29, 1.82) is 0 Å². The van der Waals surface area contributed by atoms with E-state index in [9.17, 15) is 14.7 Å². The highest BCUT2D eigenvalue weighted by atomic mass is 16.5. The summed E-state index contributed by atoms with van der Waals surface area (Å²) in [4.78, 5) is 30.6. The van der Waals surface area contributed by atoms with Gasteiger partial charge >= 0.3 is 0 Å². The zero-order valence-electron chi connectivity index (χ0n) is 21.4. The van der Waals surface area contributed by atoms with E-state index in [1.807, 2.05) is 13.0 Å². The summed E-state index contributed by atoms with van der Waals surface area (Å²) in [7, 11) is 3.05. The lowest BCUT2D eigenvalue weighted by Gasteiger charge is -2.31. The third kappa shape index (κ3) is 4.65. The number of amides is 1. The highest BCUT2D eigenvalue weighted by Crippen LogP contribution is 2.45. The number of aliphatic hydroxyl groups is 1. The number of benzene rings is 2. The van der Waals surface area contributed by atoms with Gasteiger partial charge in [-0.3, -0.25) is 14.5 Å². The molecule has 0 saturated carbocycles. The fourth-order valence-corrected chi connectivity index (χ4v) is 5.36. The van der Waals surface area contributed by atoms with Crippen molar-refractivity contribution in [3.63, 3.8) is 0 Å². The number of para-hydroxylation sites is 1. The third-order valence-corrected chi connectivity index (χ3v) is 7.20. The first-order chi connectivity index (χ1) is 17.9. The number of hydrogen-bond acceptors (Lipinski definition) is 8. The summed E-state index contributed by atoms with van der Waals surface area (Å²) >= 11 is 0. The molecule has 196 valence electrons. The molecule has 0 unspecified atom stereocenters. The maximum Gasteiger partial charge on any atom is 0.295 e. The van der Waals surface area contributed by atoms with E-state index in [4.69, 9.17) is 18.9 Å². The van der Waals surface area contributed by atoms with Gasteiger partial charge in [-0.1, -0.05) is 12.1 Å².